The second-order valence-electron chi connectivity index (χ2n) is 6.21. The minimum absolute atomic E-state index is 0.117. The molecule has 0 bridgehead atoms. The lowest BCUT2D eigenvalue weighted by atomic mass is 10.2. The second-order valence-corrected chi connectivity index (χ2v) is 6.21. The van der Waals surface area contributed by atoms with E-state index in [0.29, 0.717) is 18.0 Å². The summed E-state index contributed by atoms with van der Waals surface area (Å²) in [5, 5.41) is 6.02. The molecule has 1 amide bonds. The first-order valence-corrected chi connectivity index (χ1v) is 8.64. The van der Waals surface area contributed by atoms with Gasteiger partial charge in [0.2, 0.25) is 5.91 Å². The Kier molecular flexibility index (Phi) is 5.90. The van der Waals surface area contributed by atoms with Crippen LogP contribution < -0.4 is 15.4 Å². The first-order valence-electron chi connectivity index (χ1n) is 8.64. The summed E-state index contributed by atoms with van der Waals surface area (Å²) >= 11 is 0. The van der Waals surface area contributed by atoms with Gasteiger partial charge in [-0.15, -0.1) is 0 Å². The van der Waals surface area contributed by atoms with Crippen molar-refractivity contribution in [2.24, 2.45) is 0 Å². The third-order valence-electron chi connectivity index (χ3n) is 4.11. The Morgan fingerprint density at radius 3 is 2.76 bits per heavy atom. The fourth-order valence-electron chi connectivity index (χ4n) is 2.70. The average molecular weight is 340 g/mol. The minimum Gasteiger partial charge on any atom is -0.489 e. The van der Waals surface area contributed by atoms with Crippen LogP contribution in [-0.2, 0) is 9.53 Å². The molecule has 0 radical (unpaired) electrons. The molecule has 1 aliphatic rings. The summed E-state index contributed by atoms with van der Waals surface area (Å²) in [6, 6.07) is 15.4. The highest BCUT2D eigenvalue weighted by atomic mass is 16.5. The number of carbonyl (C=O) groups excluding carboxylic acids is 1. The Balaban J connectivity index is 1.52. The normalized spacial score (nSPS) is 16.4. The van der Waals surface area contributed by atoms with Crippen LogP contribution in [-0.4, -0.2) is 31.8 Å². The minimum atomic E-state index is -0.117. The number of hydrogen-bond acceptors (Lipinski definition) is 4. The third-order valence-corrected chi connectivity index (χ3v) is 4.11. The van der Waals surface area contributed by atoms with Crippen molar-refractivity contribution in [2.45, 2.75) is 25.9 Å². The van der Waals surface area contributed by atoms with Crippen LogP contribution in [0.15, 0.2) is 48.5 Å². The van der Waals surface area contributed by atoms with Crippen molar-refractivity contribution in [3.05, 3.63) is 54.1 Å². The maximum atomic E-state index is 12.2. The van der Waals surface area contributed by atoms with Gasteiger partial charge in [0.1, 0.15) is 12.4 Å². The second kappa shape index (κ2) is 8.53. The highest BCUT2D eigenvalue weighted by Crippen LogP contribution is 2.25. The van der Waals surface area contributed by atoms with Crippen molar-refractivity contribution in [1.82, 2.24) is 0 Å². The summed E-state index contributed by atoms with van der Waals surface area (Å²) in [7, 11) is 0. The van der Waals surface area contributed by atoms with Crippen LogP contribution >= 0.6 is 0 Å². The van der Waals surface area contributed by atoms with E-state index in [0.717, 1.165) is 25.1 Å². The summed E-state index contributed by atoms with van der Waals surface area (Å²) in [5.41, 5.74) is 2.78. The number of nitrogens with one attached hydrogen (secondary N) is 2. The lowest BCUT2D eigenvalue weighted by Gasteiger charge is -2.15. The monoisotopic (exact) mass is 340 g/mol. The van der Waals surface area contributed by atoms with Gasteiger partial charge in [-0.1, -0.05) is 29.8 Å². The van der Waals surface area contributed by atoms with E-state index in [4.69, 9.17) is 9.47 Å². The van der Waals surface area contributed by atoms with Crippen LogP contribution in [0.25, 0.3) is 0 Å². The van der Waals surface area contributed by atoms with Gasteiger partial charge in [-0.25, -0.2) is 0 Å². The first-order chi connectivity index (χ1) is 12.2. The van der Waals surface area contributed by atoms with Gasteiger partial charge in [-0.05, 0) is 44.0 Å². The van der Waals surface area contributed by atoms with Gasteiger partial charge >= 0.3 is 0 Å². The molecule has 25 heavy (non-hydrogen) atoms. The average Bonchev–Trinajstić information content (AvgIpc) is 3.14. The Labute approximate surface area is 148 Å². The molecule has 1 heterocycles. The van der Waals surface area contributed by atoms with Crippen molar-refractivity contribution < 1.29 is 14.3 Å². The number of ether oxygens (including phenoxy) is 2. The number of benzene rings is 2. The highest BCUT2D eigenvalue weighted by Gasteiger charge is 2.17. The first kappa shape index (κ1) is 17.3. The molecule has 0 aliphatic carbocycles. The van der Waals surface area contributed by atoms with E-state index in [2.05, 4.69) is 10.6 Å². The molecule has 132 valence electrons. The van der Waals surface area contributed by atoms with Crippen LogP contribution in [0, 0.1) is 6.92 Å². The number of rotatable bonds is 7. The maximum Gasteiger partial charge on any atom is 0.243 e. The van der Waals surface area contributed by atoms with Crippen LogP contribution in [0.5, 0.6) is 5.75 Å². The molecule has 5 nitrogen and oxygen atoms in total. The van der Waals surface area contributed by atoms with Crippen LogP contribution in [0.4, 0.5) is 11.4 Å². The van der Waals surface area contributed by atoms with Crippen LogP contribution in [0.2, 0.25) is 0 Å². The SMILES string of the molecule is Cc1ccc(NCC(=O)Nc2ccccc2OCC2CCCO2)cc1. The molecule has 1 saturated heterocycles. The van der Waals surface area contributed by atoms with E-state index < -0.39 is 0 Å². The van der Waals surface area contributed by atoms with Crippen LogP contribution in [0.1, 0.15) is 18.4 Å². The van der Waals surface area contributed by atoms with E-state index in [-0.39, 0.29) is 18.6 Å². The van der Waals surface area contributed by atoms with E-state index in [1.54, 1.807) is 0 Å². The summed E-state index contributed by atoms with van der Waals surface area (Å²) < 4.78 is 11.4. The van der Waals surface area contributed by atoms with Gasteiger partial charge in [-0.3, -0.25) is 4.79 Å². The molecule has 0 saturated carbocycles. The van der Waals surface area contributed by atoms with Crippen molar-refractivity contribution in [1.29, 1.82) is 0 Å². The number of anilines is 2. The number of para-hydroxylation sites is 2. The molecular formula is C20H24N2O3. The molecule has 3 rings (SSSR count). The van der Waals surface area contributed by atoms with Gasteiger partial charge in [0.15, 0.2) is 0 Å². The summed E-state index contributed by atoms with van der Waals surface area (Å²) in [4.78, 5) is 12.2. The molecule has 2 aromatic carbocycles. The summed E-state index contributed by atoms with van der Waals surface area (Å²) in [6.45, 7) is 3.54. The molecule has 0 aromatic heterocycles. The molecule has 1 atom stereocenters. The lowest BCUT2D eigenvalue weighted by Crippen LogP contribution is -2.22. The predicted octanol–water partition coefficient (Wildman–Crippen LogP) is 3.60. The maximum absolute atomic E-state index is 12.2. The zero-order chi connectivity index (χ0) is 17.5. The van der Waals surface area contributed by atoms with Crippen molar-refractivity contribution in [3.63, 3.8) is 0 Å². The number of carbonyl (C=O) groups is 1. The molecule has 1 aliphatic heterocycles. The molecule has 5 heteroatoms. The molecule has 0 spiro atoms. The van der Waals surface area contributed by atoms with Crippen molar-refractivity contribution >= 4 is 17.3 Å². The number of aryl methyl sites for hydroxylation is 1. The summed E-state index contributed by atoms with van der Waals surface area (Å²) in [5.74, 6) is 0.551. The Morgan fingerprint density at radius 2 is 2.00 bits per heavy atom. The lowest BCUT2D eigenvalue weighted by molar-refractivity contribution is -0.114. The zero-order valence-electron chi connectivity index (χ0n) is 14.5. The Hall–Kier alpha value is -2.53. The molecular weight excluding hydrogens is 316 g/mol. The van der Waals surface area contributed by atoms with Gasteiger partial charge < -0.3 is 20.1 Å². The largest absolute Gasteiger partial charge is 0.489 e. The predicted molar refractivity (Wildman–Crippen MR) is 99.2 cm³/mol. The van der Waals surface area contributed by atoms with Crippen LogP contribution in [0.3, 0.4) is 0 Å². The topological polar surface area (TPSA) is 59.6 Å². The van der Waals surface area contributed by atoms with Gasteiger partial charge in [0, 0.05) is 12.3 Å². The number of amides is 1. The fraction of sp³-hybridized carbons (Fsp3) is 0.350. The fourth-order valence-corrected chi connectivity index (χ4v) is 2.70. The third kappa shape index (κ3) is 5.22. The molecule has 2 aromatic rings. The highest BCUT2D eigenvalue weighted by molar-refractivity contribution is 5.95. The van der Waals surface area contributed by atoms with Gasteiger partial charge in [0.05, 0.1) is 18.3 Å². The molecule has 1 fully saturated rings. The number of hydrogen-bond donors (Lipinski definition) is 2. The standard InChI is InChI=1S/C20H24N2O3/c1-15-8-10-16(11-9-15)21-13-20(23)22-18-6-2-3-7-19(18)25-14-17-5-4-12-24-17/h2-3,6-11,17,21H,4-5,12-14H2,1H3,(H,22,23). The Morgan fingerprint density at radius 1 is 1.20 bits per heavy atom. The van der Waals surface area contributed by atoms with E-state index in [1.165, 1.54) is 5.56 Å². The quantitative estimate of drug-likeness (QED) is 0.808. The van der Waals surface area contributed by atoms with Crippen molar-refractivity contribution in [2.75, 3.05) is 30.4 Å². The van der Waals surface area contributed by atoms with Crippen molar-refractivity contribution in [3.8, 4) is 5.75 Å². The smallest absolute Gasteiger partial charge is 0.243 e. The van der Waals surface area contributed by atoms with Gasteiger partial charge in [-0.2, -0.15) is 0 Å². The Bertz CT molecular complexity index is 694. The van der Waals surface area contributed by atoms with E-state index in [9.17, 15) is 4.79 Å². The molecule has 2 N–H and O–H groups in total. The summed E-state index contributed by atoms with van der Waals surface area (Å²) in [6.07, 6.45) is 2.25. The molecule has 1 unspecified atom stereocenters. The zero-order valence-corrected chi connectivity index (χ0v) is 14.5. The van der Waals surface area contributed by atoms with Gasteiger partial charge in [0.25, 0.3) is 0 Å². The van der Waals surface area contributed by atoms with E-state index in [1.807, 2.05) is 55.5 Å². The van der Waals surface area contributed by atoms with E-state index >= 15 is 0 Å².